The Morgan fingerprint density at radius 2 is 0.992 bits per heavy atom. The fraction of sp³-hybridized carbons (Fsp3) is 0.385. The van der Waals surface area contributed by atoms with Crippen molar-refractivity contribution < 1.29 is 165 Å². The summed E-state index contributed by atoms with van der Waals surface area (Å²) >= 11 is 0. The number of rotatable bonds is 20. The van der Waals surface area contributed by atoms with Crippen LogP contribution in [0.15, 0.2) is 48.1 Å². The van der Waals surface area contributed by atoms with E-state index in [1.54, 1.807) is 60.3 Å². The van der Waals surface area contributed by atoms with Crippen LogP contribution < -0.4 is 5.64 Å². The molecule has 1 aliphatic carbocycles. The van der Waals surface area contributed by atoms with Crippen LogP contribution >= 0.6 is 0 Å². The summed E-state index contributed by atoms with van der Waals surface area (Å²) in [6, 6.07) is -1.09. The summed E-state index contributed by atoms with van der Waals surface area (Å²) in [5.74, 6) is 108. The summed E-state index contributed by atoms with van der Waals surface area (Å²) in [7, 11) is 4.69. The van der Waals surface area contributed by atoms with Crippen molar-refractivity contribution >= 4 is 29.4 Å². The topological polar surface area (TPSA) is 309 Å². The number of allylic oxidation sites excluding steroid dienone is 5. The van der Waals surface area contributed by atoms with Crippen LogP contribution in [-0.4, -0.2) is 126 Å². The van der Waals surface area contributed by atoms with Crippen molar-refractivity contribution in [1.29, 1.82) is 0 Å². The molecule has 4 N–H and O–H groups in total. The van der Waals surface area contributed by atoms with Crippen molar-refractivity contribution in [3.63, 3.8) is 0 Å². The molecule has 686 valence electrons. The maximum absolute atomic E-state index is 14.4. The van der Waals surface area contributed by atoms with Gasteiger partial charge in [-0.05, 0) is 262 Å². The zero-order valence-electron chi connectivity index (χ0n) is 68.6. The first-order valence-electron chi connectivity index (χ1n) is 36.8. The van der Waals surface area contributed by atoms with E-state index < -0.39 is 65.7 Å². The van der Waals surface area contributed by atoms with Crippen molar-refractivity contribution in [3.05, 3.63) is 48.1 Å². The number of nitrogens with one attached hydrogen (secondary N) is 1. The molecule has 1 amide bonds. The third-order valence-electron chi connectivity index (χ3n) is 16.4. The molecule has 3 heterocycles. The lowest BCUT2D eigenvalue weighted by Gasteiger charge is -2.47. The Morgan fingerprint density at radius 3 is 1.39 bits per heavy atom. The second-order valence-electron chi connectivity index (χ2n) is 24.8. The molecule has 1 saturated carbocycles. The van der Waals surface area contributed by atoms with E-state index in [0.29, 0.717) is 57.8 Å². The van der Waals surface area contributed by atoms with Gasteiger partial charge in [-0.2, -0.15) is 0 Å². The Morgan fingerprint density at radius 1 is 0.574 bits per heavy atom. The van der Waals surface area contributed by atoms with E-state index in [1.807, 2.05) is 33.8 Å². The third kappa shape index (κ3) is 46.1. The number of ether oxygens (including phenoxy) is 6. The number of nitrogens with zero attached hydrogens (tertiary/aromatic N) is 1. The van der Waals surface area contributed by atoms with Gasteiger partial charge in [-0.1, -0.05) is 79.4 Å². The van der Waals surface area contributed by atoms with Gasteiger partial charge in [0, 0.05) is 265 Å². The van der Waals surface area contributed by atoms with Gasteiger partial charge in [0.15, 0.2) is 5.78 Å². The van der Waals surface area contributed by atoms with E-state index in [0.717, 1.165) is 11.1 Å². The molecule has 4 aliphatic rings. The number of esters is 2. The van der Waals surface area contributed by atoms with E-state index in [1.165, 1.54) is 10.5 Å². The number of methoxy groups -OCH3 is 3. The molecular formula is C96H148N2O24. The molecule has 0 aromatic rings. The highest BCUT2D eigenvalue weighted by Crippen LogP contribution is 2.39. The van der Waals surface area contributed by atoms with Crippen molar-refractivity contribution in [2.75, 3.05) is 27.9 Å². The Balaban J connectivity index is -0.0000000494. The summed E-state index contributed by atoms with van der Waals surface area (Å²) in [6.45, 7) is 18.6. The van der Waals surface area contributed by atoms with Gasteiger partial charge in [0.2, 0.25) is 5.79 Å². The van der Waals surface area contributed by atoms with Crippen molar-refractivity contribution in [1.82, 2.24) is 10.5 Å². The van der Waals surface area contributed by atoms with Gasteiger partial charge in [0.05, 0.1) is 18.3 Å². The highest BCUT2D eigenvalue weighted by Gasteiger charge is 2.56. The molecule has 26 nitrogen and oxygen atoms in total. The number of hydrogen-bond donors (Lipinski definition) is 4. The number of fused-ring (bicyclic) bond motifs is 3. The van der Waals surface area contributed by atoms with E-state index in [9.17, 15) is 29.1 Å². The Bertz CT molecular complexity index is 5280. The zero-order chi connectivity index (χ0) is 89.3. The number of carbonyl (C=O) groups excluding carboxylic acids is 5. The number of aliphatic hydroxyl groups is 1. The molecule has 2 saturated heterocycles. The van der Waals surface area contributed by atoms with Gasteiger partial charge >= 0.3 is 11.9 Å². The van der Waals surface area contributed by atoms with Crippen LogP contribution in [-0.2, 0) is 103 Å². The zero-order valence-corrected chi connectivity index (χ0v) is 68.6. The fourth-order valence-corrected chi connectivity index (χ4v) is 11.2. The van der Waals surface area contributed by atoms with E-state index >= 15 is 0 Å². The SMILES string of the molecule is C=CCCC(=O)O[C@@H]1CC[C@@H](/C=C(\C)[C@H]2OC(=O)[C@@H]3CCCCN3C(=O)C(=O)[C@]3(O)O[C@H]([C@@H](OC)C[C@@H](C)C/C(C)=C/[C@@H](CC)C(=O)/C=C/[C@H]2C)[C@@H](OC)C[C@H]3C)C[C@H]1OC.CC#CC#CC#CC#CC#CC#CC#CC#CC#CC#CC#CC#CC#CC#CC#CC#CC#CC#CC#CC#CC#CC#CC#CC.OOOOOONOOOOOO.[HH].[HH].[HH].[HH].[HH].[HH].[HH].[HH].[HH].[HH].[HH].[HH].[HH].[HH].[HH].[HH].[HH].[HH].[HH].[HH].[HH].[HH].[HH].[HH].[HH].[HH].[HH].[HH].[HH].[HH].[HH].[HH].[HH]. The van der Waals surface area contributed by atoms with Crippen LogP contribution in [0.5, 0.6) is 0 Å². The summed E-state index contributed by atoms with van der Waals surface area (Å²) in [5, 5.41) is 52.9. The van der Waals surface area contributed by atoms with Gasteiger partial charge < -0.3 is 38.4 Å². The van der Waals surface area contributed by atoms with Crippen LogP contribution in [0.2, 0.25) is 0 Å². The summed E-state index contributed by atoms with van der Waals surface area (Å²) in [5.41, 5.74) is 3.16. The number of cyclic esters (lactones) is 1. The smallest absolute Gasteiger partial charge is 0.329 e. The second kappa shape index (κ2) is 67.8. The van der Waals surface area contributed by atoms with Gasteiger partial charge in [-0.25, -0.2) is 15.3 Å². The lowest BCUT2D eigenvalue weighted by Crippen LogP contribution is -2.64. The van der Waals surface area contributed by atoms with Crippen LogP contribution in [0.25, 0.3) is 0 Å². The molecular weight excluding hydrogens is 1570 g/mol. The van der Waals surface area contributed by atoms with E-state index in [-0.39, 0.29) is 115 Å². The maximum atomic E-state index is 14.4. The minimum absolute atomic E-state index is 0. The predicted molar refractivity (Wildman–Crippen MR) is 509 cm³/mol. The Labute approximate surface area is 762 Å². The monoisotopic (exact) mass is 1710 g/mol. The lowest BCUT2D eigenvalue weighted by molar-refractivity contribution is -0.792. The van der Waals surface area contributed by atoms with E-state index in [4.69, 9.17) is 38.9 Å². The molecule has 122 heavy (non-hydrogen) atoms. The summed E-state index contributed by atoms with van der Waals surface area (Å²) in [6.07, 6.45) is 11.6. The first-order valence-corrected chi connectivity index (χ1v) is 36.8. The summed E-state index contributed by atoms with van der Waals surface area (Å²) in [4.78, 5) is 77.6. The molecule has 26 heteroatoms. The molecule has 13 atom stereocenters. The van der Waals surface area contributed by atoms with Crippen LogP contribution in [0.1, 0.15) is 180 Å². The van der Waals surface area contributed by atoms with Crippen molar-refractivity contribution in [2.45, 2.75) is 181 Å². The van der Waals surface area contributed by atoms with Crippen LogP contribution in [0, 0.1) is 302 Å². The highest BCUT2D eigenvalue weighted by molar-refractivity contribution is 6.39. The number of amides is 1. The second-order valence-corrected chi connectivity index (χ2v) is 24.8. The quantitative estimate of drug-likeness (QED) is 0.0167. The van der Waals surface area contributed by atoms with Crippen molar-refractivity contribution in [2.24, 2.45) is 29.6 Å². The standard InChI is InChI=1S/C48H73NO12.C48H6.H3NO12.33H2/c1-11-13-17-42(51)59-38-21-19-34(28-39(38)56-8)26-32(6)43-31(5)18-20-37(50)35(12-2)24-29(3)23-30(4)25-40(57-9)44-41(58-10)27-33(7)48(55,61-44)45(52)46(53)49-22-15-14-16-36(49)47(54)60-43;1-3-5-7-9-11-13-15-17-19-21-23-25-27-29-31-33-35-37-39-41-43-45-47-48-46-44-42-40-38-36-34-32-30-28-26-24-22-20-18-16-14-12-10-8-6-4-2;2-6-10-12-8-4-1-5-9-13-11-7-3;;;;;;;;;;;;;;;;;;;;;;;;;;;;;;;;;/h11,18,20,24,26,30-31,33-36,38-41,43-44,55H,1,12-17,19,21-23,25,27-28H2,2-10H3;1-2H3;1-3H;33*1H/b20-18+,29-24+,32-26+;;;;;;;;;;;;;;;;;;;;;;;;;;;;;;;;;;;/t30-,31+,33+,34-,35+,36-,38+,39+,40-,41-,43-,44+,48+;;;;;;;;;;;;;;;;;;;;;;;;;;;;;;;;;;;/m0.................................../s1. The predicted octanol–water partition coefficient (Wildman–Crippen LogP) is 14.9. The van der Waals surface area contributed by atoms with Crippen molar-refractivity contribution in [3.8, 4) is 272 Å². The number of hydrogen-bond acceptors (Lipinski definition) is 25. The molecule has 3 aliphatic heterocycles. The molecule has 0 aromatic carbocycles. The normalized spacial score (nSPS) is 21.7. The average Bonchev–Trinajstić information content (AvgIpc) is 0.834. The minimum Gasteiger partial charge on any atom is -0.460 e. The highest BCUT2D eigenvalue weighted by atomic mass is 17.9. The van der Waals surface area contributed by atoms with Crippen LogP contribution in [0.4, 0.5) is 0 Å². The average molecular weight is 1710 g/mol. The first kappa shape index (κ1) is 104. The number of piperidine rings is 1. The molecule has 0 spiro atoms. The van der Waals surface area contributed by atoms with Gasteiger partial charge in [-0.15, -0.1) is 6.58 Å². The minimum atomic E-state index is -2.49. The largest absolute Gasteiger partial charge is 0.460 e. The van der Waals surface area contributed by atoms with E-state index in [2.05, 4.69) is 342 Å². The fourth-order valence-electron chi connectivity index (χ4n) is 11.2. The number of ketones is 2. The van der Waals surface area contributed by atoms with Gasteiger partial charge in [-0.3, -0.25) is 19.2 Å². The molecule has 0 radical (unpaired) electrons. The maximum Gasteiger partial charge on any atom is 0.329 e. The Kier molecular flexibility index (Phi) is 57.8. The number of Topliss-reactive ketones (excluding diaryl/α,β-unsaturated/α-hetero) is 1. The molecule has 4 rings (SSSR count). The lowest BCUT2D eigenvalue weighted by atomic mass is 9.82. The molecule has 0 unspecified atom stereocenters. The third-order valence-corrected chi connectivity index (χ3v) is 16.4. The van der Waals surface area contributed by atoms with Gasteiger partial charge in [0.25, 0.3) is 11.7 Å². The van der Waals surface area contributed by atoms with Gasteiger partial charge in [0.1, 0.15) is 24.4 Å². The van der Waals surface area contributed by atoms with Crippen LogP contribution in [0.3, 0.4) is 0 Å². The summed E-state index contributed by atoms with van der Waals surface area (Å²) < 4.78 is 35.9. The molecule has 2 bridgehead atoms. The Hall–Kier alpha value is -14.1. The number of carbonyl (C=O) groups is 5. The molecule has 3 fully saturated rings. The molecule has 0 aromatic heterocycles. The first-order chi connectivity index (χ1) is 59.3.